The monoisotopic (exact) mass is 446 g/mol. The Kier molecular flexibility index (Phi) is 5.95. The molecule has 0 bridgehead atoms. The van der Waals surface area contributed by atoms with Gasteiger partial charge in [-0.3, -0.25) is 14.9 Å². The largest absolute Gasteiger partial charge is 0.322 e. The number of nitro groups is 1. The summed E-state index contributed by atoms with van der Waals surface area (Å²) in [6.07, 6.45) is 0. The van der Waals surface area contributed by atoms with E-state index in [1.165, 1.54) is 22.9 Å². The van der Waals surface area contributed by atoms with Crippen molar-refractivity contribution in [3.8, 4) is 11.1 Å². The van der Waals surface area contributed by atoms with Crippen LogP contribution in [0.2, 0.25) is 0 Å². The number of nitrogens with zero attached hydrogens (tertiary/aromatic N) is 5. The number of aromatic nitrogens is 4. The van der Waals surface area contributed by atoms with Gasteiger partial charge in [-0.05, 0) is 64.0 Å². The number of nitro benzene ring substituents is 1. The first kappa shape index (κ1) is 21.2. The van der Waals surface area contributed by atoms with Gasteiger partial charge in [-0.25, -0.2) is 4.68 Å². The Labute approximate surface area is 187 Å². The number of aryl methyl sites for hydroxylation is 2. The van der Waals surface area contributed by atoms with Gasteiger partial charge in [-0.15, -0.1) is 5.10 Å². The molecule has 0 aliphatic carbocycles. The van der Waals surface area contributed by atoms with Gasteiger partial charge in [0.15, 0.2) is 0 Å². The Balaban J connectivity index is 1.60. The maximum atomic E-state index is 13.0. The number of carbonyl (C=O) groups is 1. The topological polar surface area (TPSA) is 116 Å². The van der Waals surface area contributed by atoms with Crippen molar-refractivity contribution in [3.63, 3.8) is 0 Å². The number of non-ortho nitro benzene ring substituents is 1. The SMILES string of the molecule is Cc1ccccc1-c1ccc(NC(=O)c2cc([N+](=O)[O-])ccc2Sc2nnnn2C)cc1. The summed E-state index contributed by atoms with van der Waals surface area (Å²) < 4.78 is 1.46. The highest BCUT2D eigenvalue weighted by atomic mass is 32.2. The summed E-state index contributed by atoms with van der Waals surface area (Å²) in [5.41, 5.74) is 3.86. The Hall–Kier alpha value is -4.05. The van der Waals surface area contributed by atoms with Crippen molar-refractivity contribution in [2.24, 2.45) is 7.05 Å². The molecule has 0 aliphatic heterocycles. The van der Waals surface area contributed by atoms with Crippen LogP contribution in [0, 0.1) is 17.0 Å². The third kappa shape index (κ3) is 4.49. The summed E-state index contributed by atoms with van der Waals surface area (Å²) in [5, 5.41) is 25.8. The van der Waals surface area contributed by atoms with Crippen LogP contribution in [0.3, 0.4) is 0 Å². The average Bonchev–Trinajstić information content (AvgIpc) is 3.19. The summed E-state index contributed by atoms with van der Waals surface area (Å²) in [5.74, 6) is -0.463. The van der Waals surface area contributed by atoms with Gasteiger partial charge in [0.1, 0.15) is 0 Å². The van der Waals surface area contributed by atoms with E-state index in [4.69, 9.17) is 0 Å². The van der Waals surface area contributed by atoms with Crippen LogP contribution in [-0.2, 0) is 7.05 Å². The van der Waals surface area contributed by atoms with Crippen LogP contribution in [0.15, 0.2) is 76.8 Å². The summed E-state index contributed by atoms with van der Waals surface area (Å²) in [6.45, 7) is 2.04. The standard InChI is InChI=1S/C22H18N6O3S/c1-14-5-3-4-6-18(14)15-7-9-16(10-8-15)23-21(29)19-13-17(28(30)31)11-12-20(19)32-22-24-25-26-27(22)2/h3-13H,1-2H3,(H,23,29). The van der Waals surface area contributed by atoms with Crippen molar-refractivity contribution in [1.29, 1.82) is 0 Å². The van der Waals surface area contributed by atoms with Gasteiger partial charge >= 0.3 is 0 Å². The first-order chi connectivity index (χ1) is 15.4. The highest BCUT2D eigenvalue weighted by molar-refractivity contribution is 7.99. The van der Waals surface area contributed by atoms with E-state index in [0.717, 1.165) is 28.5 Å². The molecule has 0 unspecified atom stereocenters. The van der Waals surface area contributed by atoms with E-state index in [1.807, 2.05) is 43.3 Å². The van der Waals surface area contributed by atoms with E-state index in [-0.39, 0.29) is 11.3 Å². The van der Waals surface area contributed by atoms with Crippen molar-refractivity contribution in [1.82, 2.24) is 20.2 Å². The lowest BCUT2D eigenvalue weighted by atomic mass is 10.0. The van der Waals surface area contributed by atoms with Crippen molar-refractivity contribution in [2.45, 2.75) is 17.0 Å². The Morgan fingerprint density at radius 3 is 2.50 bits per heavy atom. The highest BCUT2D eigenvalue weighted by Crippen LogP contribution is 2.32. The van der Waals surface area contributed by atoms with Crippen LogP contribution in [-0.4, -0.2) is 31.0 Å². The lowest BCUT2D eigenvalue weighted by Gasteiger charge is -2.11. The molecule has 4 rings (SSSR count). The average molecular weight is 446 g/mol. The number of nitrogens with one attached hydrogen (secondary N) is 1. The fourth-order valence-corrected chi connectivity index (χ4v) is 3.97. The number of tetrazole rings is 1. The summed E-state index contributed by atoms with van der Waals surface area (Å²) in [7, 11) is 1.67. The molecule has 1 aromatic heterocycles. The lowest BCUT2D eigenvalue weighted by molar-refractivity contribution is -0.384. The van der Waals surface area contributed by atoms with E-state index in [2.05, 4.69) is 20.8 Å². The Bertz CT molecular complexity index is 1300. The molecule has 0 fully saturated rings. The lowest BCUT2D eigenvalue weighted by Crippen LogP contribution is -2.13. The first-order valence-corrected chi connectivity index (χ1v) is 10.4. The van der Waals surface area contributed by atoms with Crippen molar-refractivity contribution >= 4 is 29.0 Å². The number of benzene rings is 3. The predicted molar refractivity (Wildman–Crippen MR) is 121 cm³/mol. The molecule has 0 saturated carbocycles. The van der Waals surface area contributed by atoms with E-state index in [1.54, 1.807) is 19.2 Å². The minimum Gasteiger partial charge on any atom is -0.322 e. The smallest absolute Gasteiger partial charge is 0.270 e. The fraction of sp³-hybridized carbons (Fsp3) is 0.0909. The molecule has 0 spiro atoms. The van der Waals surface area contributed by atoms with Gasteiger partial charge in [-0.2, -0.15) is 0 Å². The fourth-order valence-electron chi connectivity index (χ4n) is 3.13. The first-order valence-electron chi connectivity index (χ1n) is 9.58. The Morgan fingerprint density at radius 1 is 1.09 bits per heavy atom. The molecule has 4 aromatic rings. The molecule has 1 N–H and O–H groups in total. The second-order valence-corrected chi connectivity index (χ2v) is 7.98. The zero-order chi connectivity index (χ0) is 22.7. The quantitative estimate of drug-likeness (QED) is 0.342. The van der Waals surface area contributed by atoms with Gasteiger partial charge in [0.25, 0.3) is 11.6 Å². The molecular formula is C22H18N6O3S. The highest BCUT2D eigenvalue weighted by Gasteiger charge is 2.19. The molecule has 0 atom stereocenters. The van der Waals surface area contributed by atoms with Crippen LogP contribution in [0.1, 0.15) is 15.9 Å². The van der Waals surface area contributed by atoms with Crippen molar-refractivity contribution in [2.75, 3.05) is 5.32 Å². The molecule has 32 heavy (non-hydrogen) atoms. The van der Waals surface area contributed by atoms with Gasteiger partial charge in [0.05, 0.1) is 10.5 Å². The van der Waals surface area contributed by atoms with Crippen LogP contribution >= 0.6 is 11.8 Å². The predicted octanol–water partition coefficient (Wildman–Crippen LogP) is 4.50. The van der Waals surface area contributed by atoms with Gasteiger partial charge in [-0.1, -0.05) is 36.4 Å². The van der Waals surface area contributed by atoms with Crippen LogP contribution in [0.5, 0.6) is 0 Å². The molecule has 0 radical (unpaired) electrons. The van der Waals surface area contributed by atoms with Crippen molar-refractivity contribution in [3.05, 3.63) is 88.0 Å². The summed E-state index contributed by atoms with van der Waals surface area (Å²) in [6, 6.07) is 19.6. The van der Waals surface area contributed by atoms with Crippen LogP contribution in [0.25, 0.3) is 11.1 Å². The number of hydrogen-bond acceptors (Lipinski definition) is 7. The number of hydrogen-bond donors (Lipinski definition) is 1. The van der Waals surface area contributed by atoms with Gasteiger partial charge in [0, 0.05) is 29.8 Å². The van der Waals surface area contributed by atoms with E-state index in [0.29, 0.717) is 15.7 Å². The maximum Gasteiger partial charge on any atom is 0.270 e. The maximum absolute atomic E-state index is 13.0. The molecule has 10 heteroatoms. The molecule has 0 saturated heterocycles. The van der Waals surface area contributed by atoms with Crippen molar-refractivity contribution < 1.29 is 9.72 Å². The van der Waals surface area contributed by atoms with Gasteiger partial charge in [0.2, 0.25) is 5.16 Å². The number of carbonyl (C=O) groups excluding carboxylic acids is 1. The second-order valence-electron chi connectivity index (χ2n) is 6.97. The second kappa shape index (κ2) is 8.98. The molecule has 1 amide bonds. The molecule has 1 heterocycles. The van der Waals surface area contributed by atoms with E-state index in [9.17, 15) is 14.9 Å². The summed E-state index contributed by atoms with van der Waals surface area (Å²) in [4.78, 5) is 24.2. The minimum absolute atomic E-state index is 0.162. The van der Waals surface area contributed by atoms with Crippen LogP contribution < -0.4 is 5.32 Å². The summed E-state index contributed by atoms with van der Waals surface area (Å²) >= 11 is 1.15. The Morgan fingerprint density at radius 2 is 1.84 bits per heavy atom. The molecule has 9 nitrogen and oxygen atoms in total. The normalized spacial score (nSPS) is 10.7. The third-order valence-corrected chi connectivity index (χ3v) is 5.90. The third-order valence-electron chi connectivity index (χ3n) is 4.80. The zero-order valence-electron chi connectivity index (χ0n) is 17.2. The van der Waals surface area contributed by atoms with Gasteiger partial charge < -0.3 is 5.32 Å². The minimum atomic E-state index is -0.536. The zero-order valence-corrected chi connectivity index (χ0v) is 18.0. The molecule has 0 aliphatic rings. The van der Waals surface area contributed by atoms with E-state index >= 15 is 0 Å². The number of rotatable bonds is 6. The molecular weight excluding hydrogens is 428 g/mol. The van der Waals surface area contributed by atoms with E-state index < -0.39 is 10.8 Å². The molecule has 160 valence electrons. The number of amides is 1. The number of anilines is 1. The van der Waals surface area contributed by atoms with Crippen LogP contribution in [0.4, 0.5) is 11.4 Å². The molecule has 3 aromatic carbocycles.